The molecule has 1 atom stereocenters. The van der Waals surface area contributed by atoms with Gasteiger partial charge in [-0.05, 0) is 44.9 Å². The zero-order valence-electron chi connectivity index (χ0n) is 17.1. The molecular weight excluding hydrogens is 364 g/mol. The molecule has 0 saturated heterocycles. The first-order chi connectivity index (χ1) is 13.8. The van der Waals surface area contributed by atoms with Gasteiger partial charge in [0.05, 0.1) is 18.3 Å². The average Bonchev–Trinajstić information content (AvgIpc) is 3.08. The van der Waals surface area contributed by atoms with Gasteiger partial charge in [-0.15, -0.1) is 0 Å². The highest BCUT2D eigenvalue weighted by atomic mass is 16.3. The van der Waals surface area contributed by atoms with Gasteiger partial charge in [-0.2, -0.15) is 0 Å². The Morgan fingerprint density at radius 1 is 1.14 bits per heavy atom. The third-order valence-corrected chi connectivity index (χ3v) is 4.92. The average molecular weight is 393 g/mol. The van der Waals surface area contributed by atoms with Crippen LogP contribution in [0.25, 0.3) is 11.3 Å². The summed E-state index contributed by atoms with van der Waals surface area (Å²) in [5.41, 5.74) is 10.0. The molecule has 0 fully saturated rings. The molecule has 4 N–H and O–H groups in total. The fourth-order valence-electron chi connectivity index (χ4n) is 3.34. The molecule has 0 saturated carbocycles. The van der Waals surface area contributed by atoms with Crippen LogP contribution in [0.15, 0.2) is 54.6 Å². The Balaban J connectivity index is 1.74. The summed E-state index contributed by atoms with van der Waals surface area (Å²) in [5, 5.41) is 9.41. The second kappa shape index (κ2) is 8.92. The number of imidazole rings is 1. The maximum atomic E-state index is 13.0. The van der Waals surface area contributed by atoms with Crippen molar-refractivity contribution in [3.63, 3.8) is 0 Å². The van der Waals surface area contributed by atoms with Crippen molar-refractivity contribution in [2.75, 3.05) is 0 Å². The summed E-state index contributed by atoms with van der Waals surface area (Å²) < 4.78 is 0. The van der Waals surface area contributed by atoms with E-state index >= 15 is 0 Å². The summed E-state index contributed by atoms with van der Waals surface area (Å²) in [6, 6.07) is 16.1. The molecule has 0 spiro atoms. The van der Waals surface area contributed by atoms with E-state index in [-0.39, 0.29) is 17.7 Å². The van der Waals surface area contributed by atoms with Crippen LogP contribution in [0.5, 0.6) is 5.75 Å². The van der Waals surface area contributed by atoms with Gasteiger partial charge in [-0.25, -0.2) is 4.98 Å². The Bertz CT molecular complexity index is 949. The molecule has 6 heteroatoms. The highest BCUT2D eigenvalue weighted by Crippen LogP contribution is 2.22. The van der Waals surface area contributed by atoms with E-state index < -0.39 is 6.04 Å². The standard InChI is InChI=1S/C23H28N4O2/c1-15(2)27(23(29)20(24)13-17-9-11-19(28)12-10-17)14-21-25-16(3)22(26-21)18-7-5-4-6-8-18/h4-12,15,20,28H,13-14,24H2,1-3H3,(H,25,26)/t20-/m0/s1. The number of aromatic amines is 1. The number of amides is 1. The Kier molecular flexibility index (Phi) is 6.34. The van der Waals surface area contributed by atoms with Crippen LogP contribution < -0.4 is 5.73 Å². The number of H-pyrrole nitrogens is 1. The maximum absolute atomic E-state index is 13.0. The second-order valence-corrected chi connectivity index (χ2v) is 7.56. The third-order valence-electron chi connectivity index (χ3n) is 4.92. The number of hydrogen-bond donors (Lipinski definition) is 3. The zero-order chi connectivity index (χ0) is 21.0. The van der Waals surface area contributed by atoms with Crippen LogP contribution in [0.2, 0.25) is 0 Å². The highest BCUT2D eigenvalue weighted by molar-refractivity contribution is 5.82. The van der Waals surface area contributed by atoms with Gasteiger partial charge >= 0.3 is 0 Å². The fraction of sp³-hybridized carbons (Fsp3) is 0.304. The summed E-state index contributed by atoms with van der Waals surface area (Å²) in [4.78, 5) is 22.8. The minimum Gasteiger partial charge on any atom is -0.508 e. The number of hydrogen-bond acceptors (Lipinski definition) is 4. The minimum atomic E-state index is -0.661. The second-order valence-electron chi connectivity index (χ2n) is 7.56. The molecule has 3 aromatic rings. The van der Waals surface area contributed by atoms with E-state index in [0.717, 1.165) is 28.3 Å². The molecule has 0 aliphatic heterocycles. The lowest BCUT2D eigenvalue weighted by molar-refractivity contribution is -0.135. The van der Waals surface area contributed by atoms with E-state index in [1.807, 2.05) is 51.1 Å². The maximum Gasteiger partial charge on any atom is 0.240 e. The molecule has 3 rings (SSSR count). The molecule has 0 radical (unpaired) electrons. The molecule has 29 heavy (non-hydrogen) atoms. The lowest BCUT2D eigenvalue weighted by Crippen LogP contribution is -2.47. The number of phenols is 1. The first-order valence-corrected chi connectivity index (χ1v) is 9.80. The van der Waals surface area contributed by atoms with Gasteiger partial charge in [0.15, 0.2) is 0 Å². The number of carbonyl (C=O) groups is 1. The van der Waals surface area contributed by atoms with E-state index in [1.54, 1.807) is 29.2 Å². The largest absolute Gasteiger partial charge is 0.508 e. The van der Waals surface area contributed by atoms with E-state index in [9.17, 15) is 9.90 Å². The summed E-state index contributed by atoms with van der Waals surface area (Å²) in [5.74, 6) is 0.809. The van der Waals surface area contributed by atoms with Crippen molar-refractivity contribution in [1.82, 2.24) is 14.9 Å². The SMILES string of the molecule is Cc1[nH]c(CN(C(=O)[C@@H](N)Cc2ccc(O)cc2)C(C)C)nc1-c1ccccc1. The number of nitrogens with zero attached hydrogens (tertiary/aromatic N) is 2. The fourth-order valence-corrected chi connectivity index (χ4v) is 3.34. The number of aromatic hydroxyl groups is 1. The normalized spacial score (nSPS) is 12.2. The molecule has 0 aliphatic rings. The zero-order valence-corrected chi connectivity index (χ0v) is 17.1. The van der Waals surface area contributed by atoms with E-state index in [1.165, 1.54) is 0 Å². The molecule has 2 aromatic carbocycles. The van der Waals surface area contributed by atoms with Gasteiger partial charge in [-0.1, -0.05) is 42.5 Å². The van der Waals surface area contributed by atoms with Crippen molar-refractivity contribution in [3.8, 4) is 17.0 Å². The topological polar surface area (TPSA) is 95.2 Å². The van der Waals surface area contributed by atoms with Crippen molar-refractivity contribution in [1.29, 1.82) is 0 Å². The number of nitrogens with one attached hydrogen (secondary N) is 1. The van der Waals surface area contributed by atoms with E-state index in [0.29, 0.717) is 13.0 Å². The Labute approximate surface area is 171 Å². The molecule has 0 unspecified atom stereocenters. The van der Waals surface area contributed by atoms with Gasteiger partial charge in [0, 0.05) is 17.3 Å². The third kappa shape index (κ3) is 5.03. The summed E-state index contributed by atoms with van der Waals surface area (Å²) >= 11 is 0. The van der Waals surface area contributed by atoms with Gasteiger partial charge in [0.2, 0.25) is 5.91 Å². The van der Waals surface area contributed by atoms with Crippen molar-refractivity contribution >= 4 is 5.91 Å². The number of rotatable bonds is 7. The van der Waals surface area contributed by atoms with Crippen molar-refractivity contribution in [2.24, 2.45) is 5.73 Å². The van der Waals surface area contributed by atoms with Crippen LogP contribution in [0, 0.1) is 6.92 Å². The predicted molar refractivity (Wildman–Crippen MR) is 114 cm³/mol. The minimum absolute atomic E-state index is 0.0149. The Hall–Kier alpha value is -3.12. The lowest BCUT2D eigenvalue weighted by Gasteiger charge is -2.28. The number of benzene rings is 2. The van der Waals surface area contributed by atoms with E-state index in [2.05, 4.69) is 4.98 Å². The smallest absolute Gasteiger partial charge is 0.240 e. The van der Waals surface area contributed by atoms with Gasteiger partial charge in [-0.3, -0.25) is 4.79 Å². The van der Waals surface area contributed by atoms with E-state index in [4.69, 9.17) is 10.7 Å². The van der Waals surface area contributed by atoms with Gasteiger partial charge in [0.25, 0.3) is 0 Å². The number of aromatic nitrogens is 2. The molecule has 0 aliphatic carbocycles. The number of carbonyl (C=O) groups excluding carboxylic acids is 1. The predicted octanol–water partition coefficient (Wildman–Crippen LogP) is 3.40. The van der Waals surface area contributed by atoms with Crippen molar-refractivity contribution in [2.45, 2.75) is 45.8 Å². The van der Waals surface area contributed by atoms with Crippen molar-refractivity contribution in [3.05, 3.63) is 71.7 Å². The molecular formula is C23H28N4O2. The Morgan fingerprint density at radius 2 is 1.79 bits per heavy atom. The van der Waals surface area contributed by atoms with Crippen LogP contribution in [-0.4, -0.2) is 38.0 Å². The summed E-state index contributed by atoms with van der Waals surface area (Å²) in [7, 11) is 0. The van der Waals surface area contributed by atoms with Crippen LogP contribution >= 0.6 is 0 Å². The highest BCUT2D eigenvalue weighted by Gasteiger charge is 2.25. The number of phenolic OH excluding ortho intramolecular Hbond substituents is 1. The molecule has 1 heterocycles. The van der Waals surface area contributed by atoms with Crippen LogP contribution in [0.3, 0.4) is 0 Å². The number of aryl methyl sites for hydroxylation is 1. The van der Waals surface area contributed by atoms with Crippen LogP contribution in [-0.2, 0) is 17.8 Å². The first kappa shape index (κ1) is 20.6. The lowest BCUT2D eigenvalue weighted by atomic mass is 10.0. The molecule has 0 bridgehead atoms. The molecule has 6 nitrogen and oxygen atoms in total. The van der Waals surface area contributed by atoms with Gasteiger partial charge < -0.3 is 20.7 Å². The Morgan fingerprint density at radius 3 is 2.41 bits per heavy atom. The molecule has 1 amide bonds. The van der Waals surface area contributed by atoms with Crippen LogP contribution in [0.1, 0.15) is 30.9 Å². The summed E-state index contributed by atoms with van der Waals surface area (Å²) in [6.45, 7) is 6.29. The number of nitrogens with two attached hydrogens (primary N) is 1. The monoisotopic (exact) mass is 392 g/mol. The van der Waals surface area contributed by atoms with Crippen LogP contribution in [0.4, 0.5) is 0 Å². The van der Waals surface area contributed by atoms with Crippen molar-refractivity contribution < 1.29 is 9.90 Å². The quantitative estimate of drug-likeness (QED) is 0.574. The first-order valence-electron chi connectivity index (χ1n) is 9.80. The molecule has 152 valence electrons. The molecule has 1 aromatic heterocycles. The van der Waals surface area contributed by atoms with Gasteiger partial charge in [0.1, 0.15) is 11.6 Å². The summed E-state index contributed by atoms with van der Waals surface area (Å²) in [6.07, 6.45) is 0.411.